The third kappa shape index (κ3) is 32.2. The SMILES string of the molecule is C=Cc1cc(C(C)(C)C)ccn1.C=Cc1cccc(C(C)(C)C)n1.C=Cc1nccc(C(C)(C)C)n1.C=Cc1ncccc1C(C)(C)C.CC(C)(C)C1(C#N)CC1.CC(C)c1cc(C#N)ccc1F.CC(C)c1cc([N+](=O)[O-])ccc1F.CC(C)c1cccc([N+](=O)[O-])c1F.CC(C)c1cnccc1F. The van der Waals surface area contributed by atoms with Crippen LogP contribution in [-0.2, 0) is 21.7 Å². The molecule has 1 aliphatic rings. The molecule has 105 heavy (non-hydrogen) atoms. The third-order valence-corrected chi connectivity index (χ3v) is 16.3. The lowest BCUT2D eigenvalue weighted by molar-refractivity contribution is -0.387. The van der Waals surface area contributed by atoms with Crippen molar-refractivity contribution in [3.63, 3.8) is 0 Å². The minimum absolute atomic E-state index is 0.0347. The molecular formula is C87H112F4N10O4. The first-order valence-corrected chi connectivity index (χ1v) is 34.9. The lowest BCUT2D eigenvalue weighted by atomic mass is 9.79. The molecule has 14 nitrogen and oxygen atoms in total. The largest absolute Gasteiger partial charge is 0.305 e. The highest BCUT2D eigenvalue weighted by Gasteiger charge is 2.52. The Morgan fingerprint density at radius 3 is 1.44 bits per heavy atom. The van der Waals surface area contributed by atoms with Gasteiger partial charge in [0.05, 0.1) is 50.0 Å². The number of hydrogen-bond donors (Lipinski definition) is 0. The first-order chi connectivity index (χ1) is 48.6. The molecule has 8 aromatic rings. The number of nitriles is 2. The number of non-ortho nitro benzene ring substituents is 1. The van der Waals surface area contributed by atoms with Gasteiger partial charge in [0.2, 0.25) is 5.82 Å². The molecule has 0 unspecified atom stereocenters. The molecule has 5 heterocycles. The van der Waals surface area contributed by atoms with Gasteiger partial charge in [-0.05, 0) is 172 Å². The molecule has 1 saturated carbocycles. The van der Waals surface area contributed by atoms with Crippen LogP contribution in [-0.4, -0.2) is 39.8 Å². The molecule has 1 fully saturated rings. The summed E-state index contributed by atoms with van der Waals surface area (Å²) in [6.07, 6.45) is 17.6. The van der Waals surface area contributed by atoms with Crippen molar-refractivity contribution in [1.82, 2.24) is 29.9 Å². The van der Waals surface area contributed by atoms with Gasteiger partial charge in [-0.2, -0.15) is 14.9 Å². The van der Waals surface area contributed by atoms with Gasteiger partial charge in [0.15, 0.2) is 5.82 Å². The van der Waals surface area contributed by atoms with Crippen LogP contribution in [0.2, 0.25) is 0 Å². The summed E-state index contributed by atoms with van der Waals surface area (Å²) in [4.78, 5) is 44.5. The number of rotatable bonds is 10. The summed E-state index contributed by atoms with van der Waals surface area (Å²) >= 11 is 0. The summed E-state index contributed by atoms with van der Waals surface area (Å²) in [6.45, 7) is 62.0. The highest BCUT2D eigenvalue weighted by atomic mass is 19.1. The summed E-state index contributed by atoms with van der Waals surface area (Å²) in [5.41, 5.74) is 10.4. The Balaban J connectivity index is 0.000000592. The summed E-state index contributed by atoms with van der Waals surface area (Å²) in [7, 11) is 0. The van der Waals surface area contributed by atoms with Crippen molar-refractivity contribution in [1.29, 1.82) is 10.5 Å². The van der Waals surface area contributed by atoms with Gasteiger partial charge >= 0.3 is 5.69 Å². The van der Waals surface area contributed by atoms with Crippen LogP contribution in [0, 0.1) is 77.0 Å². The lowest BCUT2D eigenvalue weighted by Crippen LogP contribution is -2.19. The van der Waals surface area contributed by atoms with E-state index in [4.69, 9.17) is 10.5 Å². The first-order valence-electron chi connectivity index (χ1n) is 34.9. The molecule has 0 aliphatic heterocycles. The molecule has 0 amide bonds. The molecule has 0 saturated heterocycles. The highest BCUT2D eigenvalue weighted by Crippen LogP contribution is 2.57. The number of halogens is 4. The van der Waals surface area contributed by atoms with Gasteiger partial charge in [0.25, 0.3) is 5.69 Å². The fourth-order valence-electron chi connectivity index (χ4n) is 9.35. The van der Waals surface area contributed by atoms with Crippen LogP contribution < -0.4 is 0 Å². The maximum absolute atomic E-state index is 13.3. The number of nitro benzene ring substituents is 2. The van der Waals surface area contributed by atoms with Crippen molar-refractivity contribution in [2.45, 2.75) is 217 Å². The third-order valence-electron chi connectivity index (χ3n) is 16.3. The van der Waals surface area contributed by atoms with E-state index < -0.39 is 21.4 Å². The van der Waals surface area contributed by atoms with Crippen LogP contribution in [0.1, 0.15) is 269 Å². The normalized spacial score (nSPS) is 11.8. The number of nitrogens with zero attached hydrogens (tertiary/aromatic N) is 10. The number of aromatic nitrogens is 6. The fourth-order valence-corrected chi connectivity index (χ4v) is 9.35. The van der Waals surface area contributed by atoms with Gasteiger partial charge in [-0.3, -0.25) is 40.2 Å². The molecule has 9 rings (SSSR count). The molecular weight excluding hydrogens is 1330 g/mol. The van der Waals surface area contributed by atoms with E-state index in [2.05, 4.69) is 178 Å². The second kappa shape index (κ2) is 42.5. The molecule has 5 aromatic heterocycles. The van der Waals surface area contributed by atoms with Crippen LogP contribution in [0.25, 0.3) is 24.3 Å². The zero-order valence-electron chi connectivity index (χ0n) is 66.3. The molecule has 3 aromatic carbocycles. The van der Waals surface area contributed by atoms with Crippen molar-refractivity contribution in [2.75, 3.05) is 0 Å². The smallest absolute Gasteiger partial charge is 0.264 e. The standard InChI is InChI=1S/3C11H15N.C10H10FN.C10H14N2.2C9H10FNO2.C8H10FN.C8H13N/c1-5-10-8-9(6-7-12-10)11(2,3)4;1-5-10-9(11(2,3)4)7-6-8-12-10;1-5-9-7-6-8-10(12-9)11(2,3)4;1-7(2)9-5-8(6-12)3-4-10(9)11;1-5-9-11-7-6-8(12-9)10(2,3)4;1-6(2)8-5-7(11(12)13)3-4-9(8)10;1-6(2)7-4-3-5-8(9(7)10)11(12)13;1-6(2)7-5-10-4-3-8(7)9;1-7(2,3)8(6-9)4-5-8/h3*5-8H,1H2,2-4H3;3-5,7H,1-2H3;5-7H,1H2,2-4H3;2*3-6H,1-2H3;3-6H,1-2H3;4-5H2,1-3H3. The van der Waals surface area contributed by atoms with E-state index in [1.807, 2.05) is 76.4 Å². The number of hydrogen-bond acceptors (Lipinski definition) is 12. The predicted molar refractivity (Wildman–Crippen MR) is 424 cm³/mol. The van der Waals surface area contributed by atoms with Gasteiger partial charge in [-0.1, -0.05) is 210 Å². The Kier molecular flexibility index (Phi) is 37.6. The first kappa shape index (κ1) is 92.8. The van der Waals surface area contributed by atoms with E-state index in [0.717, 1.165) is 47.4 Å². The van der Waals surface area contributed by atoms with E-state index in [1.165, 1.54) is 59.8 Å². The molecule has 0 spiro atoms. The van der Waals surface area contributed by atoms with Crippen molar-refractivity contribution < 1.29 is 27.4 Å². The van der Waals surface area contributed by atoms with Crippen LogP contribution in [0.15, 0.2) is 166 Å². The van der Waals surface area contributed by atoms with Gasteiger partial charge in [0.1, 0.15) is 17.5 Å². The fraction of sp³-hybridized carbons (Fsp3) is 0.402. The Bertz CT molecular complexity index is 4050. The zero-order valence-corrected chi connectivity index (χ0v) is 66.3. The minimum Gasteiger partial charge on any atom is -0.264 e. The molecule has 0 atom stereocenters. The maximum Gasteiger partial charge on any atom is 0.305 e. The van der Waals surface area contributed by atoms with E-state index in [0.29, 0.717) is 33.6 Å². The van der Waals surface area contributed by atoms with Crippen LogP contribution >= 0.6 is 0 Å². The molecule has 0 N–H and O–H groups in total. The number of nitro groups is 2. The van der Waals surface area contributed by atoms with E-state index in [-0.39, 0.29) is 79.3 Å². The summed E-state index contributed by atoms with van der Waals surface area (Å²) in [6, 6.07) is 34.1. The van der Waals surface area contributed by atoms with Crippen molar-refractivity contribution >= 4 is 35.7 Å². The monoisotopic (exact) mass is 1440 g/mol. The number of benzene rings is 3. The second-order valence-electron chi connectivity index (χ2n) is 31.2. The van der Waals surface area contributed by atoms with Gasteiger partial charge in [-0.15, -0.1) is 0 Å². The quantitative estimate of drug-likeness (QED) is 0.0711. The molecule has 1 aliphatic carbocycles. The summed E-state index contributed by atoms with van der Waals surface area (Å²) in [5.74, 6) is -0.550. The zero-order chi connectivity index (χ0) is 80.6. The Hall–Kier alpha value is -10.2. The maximum atomic E-state index is 13.3. The average molecular weight is 1440 g/mol. The van der Waals surface area contributed by atoms with Crippen molar-refractivity contribution in [2.24, 2.45) is 10.8 Å². The molecule has 18 heteroatoms. The highest BCUT2D eigenvalue weighted by molar-refractivity contribution is 5.49. The number of pyridine rings is 4. The van der Waals surface area contributed by atoms with E-state index in [9.17, 15) is 37.8 Å². The van der Waals surface area contributed by atoms with Gasteiger partial charge < -0.3 is 0 Å². The average Bonchev–Trinajstić information content (AvgIpc) is 1.62. The predicted octanol–water partition coefficient (Wildman–Crippen LogP) is 24.7. The molecule has 0 radical (unpaired) electrons. The van der Waals surface area contributed by atoms with Crippen molar-refractivity contribution in [3.05, 3.63) is 283 Å². The second-order valence-corrected chi connectivity index (χ2v) is 31.2. The Morgan fingerprint density at radius 2 is 1.02 bits per heavy atom. The van der Waals surface area contributed by atoms with Crippen LogP contribution in [0.5, 0.6) is 0 Å². The lowest BCUT2D eigenvalue weighted by Gasteiger charge is -2.23. The molecule has 0 bridgehead atoms. The minimum atomic E-state index is -0.720. The summed E-state index contributed by atoms with van der Waals surface area (Å²) in [5, 5.41) is 38.0. The topological polar surface area (TPSA) is 211 Å². The van der Waals surface area contributed by atoms with Crippen LogP contribution in [0.3, 0.4) is 0 Å². The van der Waals surface area contributed by atoms with E-state index >= 15 is 0 Å². The van der Waals surface area contributed by atoms with Crippen molar-refractivity contribution in [3.8, 4) is 12.1 Å². The van der Waals surface area contributed by atoms with E-state index in [1.54, 1.807) is 82.7 Å². The summed E-state index contributed by atoms with van der Waals surface area (Å²) < 4.78 is 52.2. The van der Waals surface area contributed by atoms with Gasteiger partial charge in [-0.25, -0.2) is 23.1 Å². The van der Waals surface area contributed by atoms with Gasteiger partial charge in [0, 0.05) is 77.0 Å². The Labute approximate surface area is 624 Å². The molecule has 562 valence electrons. The van der Waals surface area contributed by atoms with Crippen LogP contribution in [0.4, 0.5) is 28.9 Å². The Morgan fingerprint density at radius 1 is 0.495 bits per heavy atom.